The highest BCUT2D eigenvalue weighted by Gasteiger charge is 2.21. The van der Waals surface area contributed by atoms with Crippen LogP contribution in [0, 0.1) is 0 Å². The molecule has 0 aromatic carbocycles. The highest BCUT2D eigenvalue weighted by atomic mass is 16.3. The second kappa shape index (κ2) is 3.21. The molecule has 1 aromatic rings. The zero-order chi connectivity index (χ0) is 9.14. The third-order valence-electron chi connectivity index (χ3n) is 1.61. The number of furan rings is 1. The van der Waals surface area contributed by atoms with Crippen molar-refractivity contribution in [3.63, 3.8) is 0 Å². The first-order chi connectivity index (χ1) is 5.63. The van der Waals surface area contributed by atoms with Crippen molar-refractivity contribution in [2.75, 3.05) is 0 Å². The van der Waals surface area contributed by atoms with Crippen molar-refractivity contribution in [3.05, 3.63) is 24.2 Å². The maximum atomic E-state index is 11.0. The number of ketones is 1. The lowest BCUT2D eigenvalue weighted by Crippen LogP contribution is -2.27. The summed E-state index contributed by atoms with van der Waals surface area (Å²) in [5.74, 6) is -1.69. The van der Waals surface area contributed by atoms with Crippen LogP contribution in [0.2, 0.25) is 0 Å². The molecule has 1 unspecified atom stereocenters. The van der Waals surface area contributed by atoms with Gasteiger partial charge in [0.05, 0.1) is 12.2 Å². The van der Waals surface area contributed by atoms with Crippen LogP contribution in [0.5, 0.6) is 0 Å². The van der Waals surface area contributed by atoms with Gasteiger partial charge in [0, 0.05) is 0 Å². The molecule has 12 heavy (non-hydrogen) atoms. The third kappa shape index (κ3) is 1.53. The molecule has 0 aliphatic heterocycles. The van der Waals surface area contributed by atoms with Crippen molar-refractivity contribution in [1.82, 2.24) is 0 Å². The van der Waals surface area contributed by atoms with Crippen molar-refractivity contribution in [2.24, 2.45) is 5.73 Å². The number of Topliss-reactive ketones (excluding diaryl/α,β-unsaturated/α-hetero) is 1. The van der Waals surface area contributed by atoms with Gasteiger partial charge in [-0.2, -0.15) is 0 Å². The highest BCUT2D eigenvalue weighted by molar-refractivity contribution is 6.37. The molecule has 1 atom stereocenters. The molecule has 0 aliphatic carbocycles. The molecule has 0 radical (unpaired) electrons. The Labute approximate surface area is 69.3 Å². The lowest BCUT2D eigenvalue weighted by Gasteiger charge is -2.02. The van der Waals surface area contributed by atoms with Crippen molar-refractivity contribution >= 4 is 11.7 Å². The van der Waals surface area contributed by atoms with Gasteiger partial charge in [-0.15, -0.1) is 0 Å². The molecule has 64 valence electrons. The fraction of sp³-hybridized carbons (Fsp3) is 0.250. The van der Waals surface area contributed by atoms with Gasteiger partial charge in [-0.05, 0) is 19.1 Å². The first kappa shape index (κ1) is 8.52. The lowest BCUT2D eigenvalue weighted by molar-refractivity contribution is -0.136. The minimum absolute atomic E-state index is 0.457. The fourth-order valence-corrected chi connectivity index (χ4v) is 0.880. The molecular formula is C8H9NO3. The summed E-state index contributed by atoms with van der Waals surface area (Å²) in [4.78, 5) is 21.5. The zero-order valence-corrected chi connectivity index (χ0v) is 6.61. The van der Waals surface area contributed by atoms with E-state index in [1.165, 1.54) is 6.26 Å². The van der Waals surface area contributed by atoms with Crippen molar-refractivity contribution in [2.45, 2.75) is 12.8 Å². The van der Waals surface area contributed by atoms with E-state index in [4.69, 9.17) is 10.2 Å². The van der Waals surface area contributed by atoms with Gasteiger partial charge in [0.1, 0.15) is 5.76 Å². The molecule has 1 rings (SSSR count). The van der Waals surface area contributed by atoms with E-state index in [1.807, 2.05) is 0 Å². The van der Waals surface area contributed by atoms with E-state index in [1.54, 1.807) is 19.1 Å². The summed E-state index contributed by atoms with van der Waals surface area (Å²) in [7, 11) is 0. The molecule has 4 heteroatoms. The second-order valence-electron chi connectivity index (χ2n) is 2.47. The topological polar surface area (TPSA) is 73.3 Å². The Hall–Kier alpha value is -1.58. The average Bonchev–Trinajstić information content (AvgIpc) is 2.53. The standard InChI is InChI=1S/C8H9NO3/c1-5(7(10)8(9)11)6-3-2-4-12-6/h2-5H,1H3,(H2,9,11). The number of amides is 1. The average molecular weight is 167 g/mol. The molecule has 1 amide bonds. The SMILES string of the molecule is CC(C(=O)C(N)=O)c1ccco1. The van der Waals surface area contributed by atoms with Crippen LogP contribution >= 0.6 is 0 Å². The van der Waals surface area contributed by atoms with E-state index in [9.17, 15) is 9.59 Å². The Bertz CT molecular complexity index is 289. The van der Waals surface area contributed by atoms with Gasteiger partial charge in [0.2, 0.25) is 5.78 Å². The molecule has 0 saturated carbocycles. The fourth-order valence-electron chi connectivity index (χ4n) is 0.880. The van der Waals surface area contributed by atoms with Crippen molar-refractivity contribution in [1.29, 1.82) is 0 Å². The predicted octanol–water partition coefficient (Wildman–Crippen LogP) is 0.437. The summed E-state index contributed by atoms with van der Waals surface area (Å²) in [6.45, 7) is 1.58. The van der Waals surface area contributed by atoms with Gasteiger partial charge in [0.15, 0.2) is 0 Å². The minimum Gasteiger partial charge on any atom is -0.469 e. The Morgan fingerprint density at radius 3 is 2.67 bits per heavy atom. The maximum absolute atomic E-state index is 11.0. The van der Waals surface area contributed by atoms with E-state index in [0.29, 0.717) is 5.76 Å². The molecule has 0 bridgehead atoms. The van der Waals surface area contributed by atoms with Gasteiger partial charge in [-0.1, -0.05) is 0 Å². The molecule has 1 heterocycles. The van der Waals surface area contributed by atoms with E-state index in [-0.39, 0.29) is 0 Å². The van der Waals surface area contributed by atoms with Gasteiger partial charge in [0.25, 0.3) is 5.91 Å². The van der Waals surface area contributed by atoms with E-state index in [2.05, 4.69) is 0 Å². The van der Waals surface area contributed by atoms with E-state index < -0.39 is 17.6 Å². The molecule has 0 saturated heterocycles. The second-order valence-corrected chi connectivity index (χ2v) is 2.47. The number of primary amides is 1. The molecule has 2 N–H and O–H groups in total. The van der Waals surface area contributed by atoms with Crippen LogP contribution in [0.1, 0.15) is 18.6 Å². The molecule has 0 aliphatic rings. The lowest BCUT2D eigenvalue weighted by atomic mass is 10.0. The van der Waals surface area contributed by atoms with E-state index >= 15 is 0 Å². The summed E-state index contributed by atoms with van der Waals surface area (Å²) in [5, 5.41) is 0. The first-order valence-corrected chi connectivity index (χ1v) is 3.50. The number of hydrogen-bond acceptors (Lipinski definition) is 3. The number of hydrogen-bond donors (Lipinski definition) is 1. The van der Waals surface area contributed by atoms with Crippen LogP contribution < -0.4 is 5.73 Å². The predicted molar refractivity (Wildman–Crippen MR) is 41.3 cm³/mol. The van der Waals surface area contributed by atoms with Crippen LogP contribution in [-0.4, -0.2) is 11.7 Å². The molecule has 0 fully saturated rings. The minimum atomic E-state index is -0.932. The van der Waals surface area contributed by atoms with Crippen LogP contribution in [-0.2, 0) is 9.59 Å². The summed E-state index contributed by atoms with van der Waals surface area (Å²) in [5.41, 5.74) is 4.81. The first-order valence-electron chi connectivity index (χ1n) is 3.50. The van der Waals surface area contributed by atoms with Crippen molar-refractivity contribution in [3.8, 4) is 0 Å². The van der Waals surface area contributed by atoms with Crippen molar-refractivity contribution < 1.29 is 14.0 Å². The normalized spacial score (nSPS) is 12.4. The Morgan fingerprint density at radius 1 is 1.58 bits per heavy atom. The highest BCUT2D eigenvalue weighted by Crippen LogP contribution is 2.15. The Balaban J connectivity index is 2.79. The maximum Gasteiger partial charge on any atom is 0.285 e. The summed E-state index contributed by atoms with van der Waals surface area (Å²) >= 11 is 0. The van der Waals surface area contributed by atoms with Gasteiger partial charge in [-0.25, -0.2) is 0 Å². The quantitative estimate of drug-likeness (QED) is 0.663. The monoisotopic (exact) mass is 167 g/mol. The van der Waals surface area contributed by atoms with Gasteiger partial charge >= 0.3 is 0 Å². The number of carbonyl (C=O) groups excluding carboxylic acids is 2. The smallest absolute Gasteiger partial charge is 0.285 e. The molecule has 1 aromatic heterocycles. The Kier molecular flexibility index (Phi) is 2.28. The summed E-state index contributed by atoms with van der Waals surface area (Å²) in [6, 6.07) is 3.28. The van der Waals surface area contributed by atoms with Crippen LogP contribution in [0.3, 0.4) is 0 Å². The summed E-state index contributed by atoms with van der Waals surface area (Å²) in [6.07, 6.45) is 1.44. The molecular weight excluding hydrogens is 158 g/mol. The zero-order valence-electron chi connectivity index (χ0n) is 6.61. The molecule has 0 spiro atoms. The number of carbonyl (C=O) groups is 2. The van der Waals surface area contributed by atoms with E-state index in [0.717, 1.165) is 0 Å². The number of nitrogens with two attached hydrogens (primary N) is 1. The number of rotatable bonds is 3. The van der Waals surface area contributed by atoms with Gasteiger partial charge < -0.3 is 10.2 Å². The van der Waals surface area contributed by atoms with Crippen LogP contribution in [0.25, 0.3) is 0 Å². The largest absolute Gasteiger partial charge is 0.469 e. The Morgan fingerprint density at radius 2 is 2.25 bits per heavy atom. The third-order valence-corrected chi connectivity index (χ3v) is 1.61. The van der Waals surface area contributed by atoms with Gasteiger partial charge in [-0.3, -0.25) is 9.59 Å². The molecule has 4 nitrogen and oxygen atoms in total. The van der Waals surface area contributed by atoms with Crippen LogP contribution in [0.15, 0.2) is 22.8 Å². The summed E-state index contributed by atoms with van der Waals surface area (Å²) < 4.78 is 4.94. The van der Waals surface area contributed by atoms with Crippen LogP contribution in [0.4, 0.5) is 0 Å².